The molecule has 6 aromatic carbocycles. The fraction of sp³-hybridized carbons (Fsp3) is 0.379. The fourth-order valence-electron chi connectivity index (χ4n) is 9.69. The van der Waals surface area contributed by atoms with Gasteiger partial charge in [0.15, 0.2) is 0 Å². The summed E-state index contributed by atoms with van der Waals surface area (Å²) in [6.07, 6.45) is 0. The molecule has 0 saturated carbocycles. The molecule has 0 atom stereocenters. The summed E-state index contributed by atoms with van der Waals surface area (Å²) in [6, 6.07) is 43.2. The Kier molecular flexibility index (Phi) is 8.93. The number of benzene rings is 6. The molecule has 0 heterocycles. The first kappa shape index (κ1) is 40.1. The van der Waals surface area contributed by atoms with Gasteiger partial charge in [-0.1, -0.05) is 196 Å². The molecule has 0 spiro atoms. The highest BCUT2D eigenvalue weighted by molar-refractivity contribution is 5.96. The van der Waals surface area contributed by atoms with E-state index < -0.39 is 0 Å². The molecule has 298 valence electrons. The van der Waals surface area contributed by atoms with Crippen molar-refractivity contribution in [2.75, 3.05) is 0 Å². The topological polar surface area (TPSA) is 0 Å². The Morgan fingerprint density at radius 2 is 0.603 bits per heavy atom. The Morgan fingerprint density at radius 3 is 0.931 bits per heavy atom. The molecule has 58 heavy (non-hydrogen) atoms. The summed E-state index contributed by atoms with van der Waals surface area (Å²) in [7, 11) is 0. The number of hydrogen-bond donors (Lipinski definition) is 0. The molecule has 0 aromatic heterocycles. The van der Waals surface area contributed by atoms with Crippen LogP contribution in [0.15, 0.2) is 109 Å². The predicted octanol–water partition coefficient (Wildman–Crippen LogP) is 16.5. The molecule has 0 bridgehead atoms. The van der Waals surface area contributed by atoms with Gasteiger partial charge in [0, 0.05) is 10.8 Å². The molecule has 0 fully saturated rings. The van der Waals surface area contributed by atoms with Gasteiger partial charge in [-0.05, 0) is 146 Å². The van der Waals surface area contributed by atoms with Gasteiger partial charge in [0.05, 0.1) is 0 Å². The van der Waals surface area contributed by atoms with Gasteiger partial charge in [0.2, 0.25) is 0 Å². The molecular formula is C58H66. The second-order valence-electron chi connectivity index (χ2n) is 22.8. The Morgan fingerprint density at radius 1 is 0.293 bits per heavy atom. The normalized spacial score (nSPS) is 15.5. The lowest BCUT2D eigenvalue weighted by molar-refractivity contribution is 0.579. The lowest BCUT2D eigenvalue weighted by Gasteiger charge is -2.27. The fourth-order valence-corrected chi connectivity index (χ4v) is 9.69. The number of hydrogen-bond acceptors (Lipinski definition) is 0. The molecule has 0 nitrogen and oxygen atoms in total. The summed E-state index contributed by atoms with van der Waals surface area (Å²) >= 11 is 0. The van der Waals surface area contributed by atoms with Crippen LogP contribution >= 0.6 is 0 Å². The van der Waals surface area contributed by atoms with Gasteiger partial charge in [-0.25, -0.2) is 0 Å². The lowest BCUT2D eigenvalue weighted by Crippen LogP contribution is -2.19. The first-order valence-corrected chi connectivity index (χ1v) is 21.7. The van der Waals surface area contributed by atoms with Crippen LogP contribution in [0.4, 0.5) is 0 Å². The van der Waals surface area contributed by atoms with Crippen molar-refractivity contribution in [2.24, 2.45) is 0 Å². The van der Waals surface area contributed by atoms with Gasteiger partial charge in [0.25, 0.3) is 0 Å². The summed E-state index contributed by atoms with van der Waals surface area (Å²) in [5.41, 5.74) is 24.6. The van der Waals surface area contributed by atoms with Crippen LogP contribution in [0.2, 0.25) is 0 Å². The van der Waals surface area contributed by atoms with Gasteiger partial charge >= 0.3 is 0 Å². The van der Waals surface area contributed by atoms with Crippen molar-refractivity contribution in [1.82, 2.24) is 0 Å². The van der Waals surface area contributed by atoms with E-state index in [0.717, 1.165) is 0 Å². The van der Waals surface area contributed by atoms with Crippen molar-refractivity contribution in [3.8, 4) is 55.6 Å². The third-order valence-corrected chi connectivity index (χ3v) is 13.7. The van der Waals surface area contributed by atoms with Crippen molar-refractivity contribution in [2.45, 2.75) is 143 Å². The molecule has 0 saturated heterocycles. The number of rotatable bonds is 3. The zero-order valence-electron chi connectivity index (χ0n) is 38.4. The summed E-state index contributed by atoms with van der Waals surface area (Å²) in [5, 5.41) is 0. The van der Waals surface area contributed by atoms with Gasteiger partial charge in [-0.15, -0.1) is 0 Å². The summed E-state index contributed by atoms with van der Waals surface area (Å²) in [4.78, 5) is 0. The largest absolute Gasteiger partial charge is 0.0610 e. The van der Waals surface area contributed by atoms with Crippen LogP contribution in [0.25, 0.3) is 55.6 Å². The van der Waals surface area contributed by atoms with Crippen LogP contribution in [0.3, 0.4) is 0 Å². The van der Waals surface area contributed by atoms with Crippen molar-refractivity contribution in [1.29, 1.82) is 0 Å². The maximum absolute atomic E-state index is 2.51. The summed E-state index contributed by atoms with van der Waals surface area (Å²) < 4.78 is 0. The average molecular weight is 763 g/mol. The van der Waals surface area contributed by atoms with Gasteiger partial charge in [0.1, 0.15) is 0 Å². The minimum Gasteiger partial charge on any atom is -0.0610 e. The minimum atomic E-state index is -0.1000. The second-order valence-corrected chi connectivity index (χ2v) is 22.8. The van der Waals surface area contributed by atoms with E-state index in [2.05, 4.69) is 220 Å². The Labute approximate surface area is 351 Å². The molecule has 0 amide bonds. The van der Waals surface area contributed by atoms with Crippen molar-refractivity contribution in [3.05, 3.63) is 154 Å². The first-order chi connectivity index (χ1) is 26.8. The van der Waals surface area contributed by atoms with Crippen LogP contribution in [-0.4, -0.2) is 0 Å². The Balaban J connectivity index is 1.30. The molecule has 0 aliphatic heterocycles. The van der Waals surface area contributed by atoms with E-state index in [1.165, 1.54) is 100 Å². The van der Waals surface area contributed by atoms with E-state index in [0.29, 0.717) is 0 Å². The van der Waals surface area contributed by atoms with E-state index >= 15 is 0 Å². The zero-order chi connectivity index (χ0) is 42.1. The van der Waals surface area contributed by atoms with E-state index in [-0.39, 0.29) is 32.5 Å². The van der Waals surface area contributed by atoms with Gasteiger partial charge in [-0.2, -0.15) is 0 Å². The highest BCUT2D eigenvalue weighted by Crippen LogP contribution is 2.56. The lowest BCUT2D eigenvalue weighted by atomic mass is 9.76. The van der Waals surface area contributed by atoms with E-state index in [1.54, 1.807) is 0 Å². The van der Waals surface area contributed by atoms with E-state index in [4.69, 9.17) is 0 Å². The molecule has 8 rings (SSSR count). The van der Waals surface area contributed by atoms with Crippen LogP contribution in [0.1, 0.15) is 155 Å². The highest BCUT2D eigenvalue weighted by atomic mass is 14.4. The molecule has 2 aliphatic carbocycles. The second kappa shape index (κ2) is 12.9. The zero-order valence-corrected chi connectivity index (χ0v) is 38.4. The Hall–Kier alpha value is -4.68. The van der Waals surface area contributed by atoms with Gasteiger partial charge < -0.3 is 0 Å². The van der Waals surface area contributed by atoms with Crippen LogP contribution in [0.5, 0.6) is 0 Å². The van der Waals surface area contributed by atoms with Crippen molar-refractivity contribution in [3.63, 3.8) is 0 Å². The quantitative estimate of drug-likeness (QED) is 0.168. The molecule has 0 N–H and O–H groups in total. The maximum Gasteiger partial charge on any atom is 0.0159 e. The summed E-state index contributed by atoms with van der Waals surface area (Å²) in [6.45, 7) is 37.7. The van der Waals surface area contributed by atoms with Crippen LogP contribution in [-0.2, 0) is 32.5 Å². The monoisotopic (exact) mass is 763 g/mol. The van der Waals surface area contributed by atoms with Gasteiger partial charge in [-0.3, -0.25) is 0 Å². The molecule has 2 aliphatic rings. The first-order valence-electron chi connectivity index (χ1n) is 21.7. The van der Waals surface area contributed by atoms with E-state index in [9.17, 15) is 0 Å². The number of fused-ring (bicyclic) bond motifs is 6. The SMILES string of the molecule is CC(C)(C)c1ccc2c(c1)C(C)(C)c1cc(C(C)(C)C)cc(-c3cccc(-c4cccc(-c5cc(C(C)(C)C)cc6c5-c5ccc(C(C)(C)C)cc5C6(C)C)c4)c3)c1-2. The smallest absolute Gasteiger partial charge is 0.0159 e. The van der Waals surface area contributed by atoms with Crippen LogP contribution in [0, 0.1) is 0 Å². The third-order valence-electron chi connectivity index (χ3n) is 13.7. The molecule has 0 unspecified atom stereocenters. The third kappa shape index (κ3) is 6.51. The average Bonchev–Trinajstić information content (AvgIpc) is 3.51. The minimum absolute atomic E-state index is 0.0144. The molecule has 6 aromatic rings. The highest BCUT2D eigenvalue weighted by Gasteiger charge is 2.41. The van der Waals surface area contributed by atoms with Crippen molar-refractivity contribution >= 4 is 0 Å². The van der Waals surface area contributed by atoms with Crippen molar-refractivity contribution < 1.29 is 0 Å². The van der Waals surface area contributed by atoms with Crippen LogP contribution < -0.4 is 0 Å². The molecular weight excluding hydrogens is 697 g/mol. The maximum atomic E-state index is 2.51. The Bertz CT molecular complexity index is 2440. The van der Waals surface area contributed by atoms with E-state index in [1.807, 2.05) is 0 Å². The molecule has 0 radical (unpaired) electrons. The summed E-state index contributed by atoms with van der Waals surface area (Å²) in [5.74, 6) is 0. The molecule has 0 heteroatoms. The standard InChI is InChI=1S/C58H66/c1-53(2,3)39-23-25-43-47(31-39)57(13,14)49-33-41(55(7,8)9)29-45(51(43)49)37-21-17-19-35(27-37)36-20-18-22-38(28-36)46-30-42(56(10,11)12)34-50-52(46)44-26-24-40(54(4,5)6)32-48(44)58(50,15)16/h17-34H,1-16H3. The predicted molar refractivity (Wildman–Crippen MR) is 253 cm³/mol.